The van der Waals surface area contributed by atoms with Gasteiger partial charge in [0.05, 0.1) is 5.56 Å². The molecule has 0 spiro atoms. The maximum Gasteiger partial charge on any atom is 0.252 e. The van der Waals surface area contributed by atoms with Crippen LogP contribution in [0.5, 0.6) is 0 Å². The van der Waals surface area contributed by atoms with E-state index in [9.17, 15) is 4.79 Å². The third kappa shape index (κ3) is 5.14. The van der Waals surface area contributed by atoms with Gasteiger partial charge < -0.3 is 10.2 Å². The molecular formula is C11H16ClIN2O. The zero-order valence-corrected chi connectivity index (χ0v) is 12.3. The van der Waals surface area contributed by atoms with E-state index in [1.54, 1.807) is 0 Å². The van der Waals surface area contributed by atoms with Crippen molar-refractivity contribution in [3.8, 4) is 0 Å². The number of nitrogens with zero attached hydrogens (tertiary/aromatic N) is 1. The van der Waals surface area contributed by atoms with Crippen LogP contribution in [0.15, 0.2) is 24.3 Å². The highest BCUT2D eigenvalue weighted by molar-refractivity contribution is 14.1. The van der Waals surface area contributed by atoms with Gasteiger partial charge in [0, 0.05) is 16.7 Å². The Morgan fingerprint density at radius 1 is 1.38 bits per heavy atom. The van der Waals surface area contributed by atoms with Crippen molar-refractivity contribution in [3.05, 3.63) is 33.4 Å². The number of carbonyl (C=O) groups is 1. The number of hydrogen-bond donors (Lipinski definition) is 1. The number of hydrogen-bond acceptors (Lipinski definition) is 2. The second kappa shape index (κ2) is 7.86. The van der Waals surface area contributed by atoms with E-state index in [2.05, 4.69) is 27.9 Å². The molecule has 1 rings (SSSR count). The van der Waals surface area contributed by atoms with Crippen molar-refractivity contribution >= 4 is 40.9 Å². The number of likely N-dealkylation sites (N-methyl/N-ethyl adjacent to an activating group) is 1. The molecule has 0 radical (unpaired) electrons. The van der Waals surface area contributed by atoms with E-state index in [0.29, 0.717) is 6.54 Å². The van der Waals surface area contributed by atoms with Gasteiger partial charge in [-0.1, -0.05) is 12.1 Å². The van der Waals surface area contributed by atoms with Crippen LogP contribution in [-0.4, -0.2) is 38.0 Å². The molecule has 0 unspecified atom stereocenters. The maximum absolute atomic E-state index is 11.7. The first-order valence-electron chi connectivity index (χ1n) is 4.78. The molecule has 0 aromatic heterocycles. The summed E-state index contributed by atoms with van der Waals surface area (Å²) in [5.41, 5.74) is 0.747. The molecular weight excluding hydrogens is 338 g/mol. The predicted molar refractivity (Wildman–Crippen MR) is 77.3 cm³/mol. The lowest BCUT2D eigenvalue weighted by atomic mass is 10.2. The summed E-state index contributed by atoms with van der Waals surface area (Å²) in [6.07, 6.45) is 0. The molecule has 1 aromatic rings. The second-order valence-electron chi connectivity index (χ2n) is 3.54. The third-order valence-corrected chi connectivity index (χ3v) is 2.90. The Morgan fingerprint density at radius 3 is 2.56 bits per heavy atom. The number of halogens is 2. The number of nitrogens with one attached hydrogen (secondary N) is 1. The van der Waals surface area contributed by atoms with E-state index in [-0.39, 0.29) is 18.3 Å². The average molecular weight is 355 g/mol. The molecule has 1 aromatic carbocycles. The van der Waals surface area contributed by atoms with E-state index >= 15 is 0 Å². The molecule has 1 amide bonds. The quantitative estimate of drug-likeness (QED) is 0.839. The molecule has 0 bridgehead atoms. The molecule has 0 atom stereocenters. The number of carbonyl (C=O) groups excluding carboxylic acids is 1. The van der Waals surface area contributed by atoms with Crippen LogP contribution in [-0.2, 0) is 0 Å². The topological polar surface area (TPSA) is 32.3 Å². The molecule has 16 heavy (non-hydrogen) atoms. The van der Waals surface area contributed by atoms with Crippen molar-refractivity contribution < 1.29 is 4.79 Å². The summed E-state index contributed by atoms with van der Waals surface area (Å²) in [5.74, 6) is 0.00171. The summed E-state index contributed by atoms with van der Waals surface area (Å²) in [4.78, 5) is 13.8. The van der Waals surface area contributed by atoms with Gasteiger partial charge in [0.1, 0.15) is 0 Å². The van der Waals surface area contributed by atoms with E-state index in [4.69, 9.17) is 0 Å². The van der Waals surface area contributed by atoms with Crippen LogP contribution in [0.1, 0.15) is 10.4 Å². The molecule has 0 aliphatic rings. The van der Waals surface area contributed by atoms with Gasteiger partial charge in [-0.25, -0.2) is 0 Å². The van der Waals surface area contributed by atoms with Gasteiger partial charge in [0.2, 0.25) is 0 Å². The largest absolute Gasteiger partial charge is 0.351 e. The number of amides is 1. The second-order valence-corrected chi connectivity index (χ2v) is 4.70. The Balaban J connectivity index is 0.00000225. The lowest BCUT2D eigenvalue weighted by molar-refractivity contribution is 0.0950. The monoisotopic (exact) mass is 354 g/mol. The molecule has 0 aliphatic carbocycles. The summed E-state index contributed by atoms with van der Waals surface area (Å²) >= 11 is 2.17. The van der Waals surface area contributed by atoms with Crippen molar-refractivity contribution in [2.24, 2.45) is 0 Å². The van der Waals surface area contributed by atoms with E-state index < -0.39 is 0 Å². The summed E-state index contributed by atoms with van der Waals surface area (Å²) < 4.78 is 0.984. The Labute approximate surface area is 116 Å². The predicted octanol–water partition coefficient (Wildman–Crippen LogP) is 2.00. The molecule has 1 N–H and O–H groups in total. The van der Waals surface area contributed by atoms with Gasteiger partial charge in [-0.05, 0) is 48.8 Å². The fourth-order valence-corrected chi connectivity index (χ4v) is 1.77. The molecule has 0 saturated carbocycles. The number of benzene rings is 1. The average Bonchev–Trinajstić information content (AvgIpc) is 2.17. The molecule has 0 aliphatic heterocycles. The Bertz CT molecular complexity index is 345. The molecule has 0 fully saturated rings. The fourth-order valence-electron chi connectivity index (χ4n) is 1.13. The molecule has 3 nitrogen and oxygen atoms in total. The lowest BCUT2D eigenvalue weighted by Crippen LogP contribution is -2.31. The molecule has 5 heteroatoms. The minimum atomic E-state index is 0. The minimum Gasteiger partial charge on any atom is -0.351 e. The van der Waals surface area contributed by atoms with Gasteiger partial charge >= 0.3 is 0 Å². The van der Waals surface area contributed by atoms with Gasteiger partial charge in [-0.15, -0.1) is 12.4 Å². The Kier molecular flexibility index (Phi) is 7.70. The summed E-state index contributed by atoms with van der Waals surface area (Å²) in [6, 6.07) is 7.58. The van der Waals surface area contributed by atoms with Crippen LogP contribution in [0.3, 0.4) is 0 Å². The minimum absolute atomic E-state index is 0. The maximum atomic E-state index is 11.7. The Hall–Kier alpha value is -0.330. The first-order chi connectivity index (χ1) is 7.11. The fraction of sp³-hybridized carbons (Fsp3) is 0.364. The highest BCUT2D eigenvalue weighted by Crippen LogP contribution is 2.10. The van der Waals surface area contributed by atoms with Crippen LogP contribution in [0.2, 0.25) is 0 Å². The molecule has 0 heterocycles. The first-order valence-corrected chi connectivity index (χ1v) is 5.86. The van der Waals surface area contributed by atoms with Crippen molar-refractivity contribution in [2.75, 3.05) is 27.2 Å². The van der Waals surface area contributed by atoms with E-state index in [1.807, 2.05) is 43.3 Å². The highest BCUT2D eigenvalue weighted by atomic mass is 127. The lowest BCUT2D eigenvalue weighted by Gasteiger charge is -2.10. The highest BCUT2D eigenvalue weighted by Gasteiger charge is 2.07. The third-order valence-electron chi connectivity index (χ3n) is 1.96. The van der Waals surface area contributed by atoms with Crippen molar-refractivity contribution in [2.45, 2.75) is 0 Å². The summed E-state index contributed by atoms with van der Waals surface area (Å²) in [5, 5.41) is 2.89. The van der Waals surface area contributed by atoms with E-state index in [1.165, 1.54) is 0 Å². The molecule has 90 valence electrons. The van der Waals surface area contributed by atoms with Crippen LogP contribution in [0.25, 0.3) is 0 Å². The van der Waals surface area contributed by atoms with E-state index in [0.717, 1.165) is 15.7 Å². The molecule has 0 saturated heterocycles. The Morgan fingerprint density at radius 2 is 2.00 bits per heavy atom. The van der Waals surface area contributed by atoms with Gasteiger partial charge in [0.25, 0.3) is 5.91 Å². The van der Waals surface area contributed by atoms with Crippen molar-refractivity contribution in [3.63, 3.8) is 0 Å². The zero-order valence-electron chi connectivity index (χ0n) is 9.37. The first kappa shape index (κ1) is 15.7. The van der Waals surface area contributed by atoms with Crippen LogP contribution in [0.4, 0.5) is 0 Å². The summed E-state index contributed by atoms with van der Waals surface area (Å²) in [7, 11) is 3.97. The van der Waals surface area contributed by atoms with Gasteiger partial charge in [-0.3, -0.25) is 4.79 Å². The van der Waals surface area contributed by atoms with Crippen LogP contribution < -0.4 is 5.32 Å². The van der Waals surface area contributed by atoms with Crippen molar-refractivity contribution in [1.82, 2.24) is 10.2 Å². The van der Waals surface area contributed by atoms with Gasteiger partial charge in [-0.2, -0.15) is 0 Å². The van der Waals surface area contributed by atoms with Crippen LogP contribution in [0, 0.1) is 3.57 Å². The smallest absolute Gasteiger partial charge is 0.252 e. The van der Waals surface area contributed by atoms with Crippen molar-refractivity contribution in [1.29, 1.82) is 0 Å². The van der Waals surface area contributed by atoms with Crippen LogP contribution >= 0.6 is 35.0 Å². The summed E-state index contributed by atoms with van der Waals surface area (Å²) in [6.45, 7) is 1.53. The van der Waals surface area contributed by atoms with Gasteiger partial charge in [0.15, 0.2) is 0 Å². The number of rotatable bonds is 4. The standard InChI is InChI=1S/C11H15IN2O.ClH/c1-14(2)8-7-13-11(15)9-5-3-4-6-10(9)12;/h3-6H,7-8H2,1-2H3,(H,13,15);1H. The SMILES string of the molecule is CN(C)CCNC(=O)c1ccccc1I.Cl. The zero-order chi connectivity index (χ0) is 11.3. The normalized spacial score (nSPS) is 9.75.